The van der Waals surface area contributed by atoms with Gasteiger partial charge < -0.3 is 10.4 Å². The zero-order valence-electron chi connectivity index (χ0n) is 11.8. The van der Waals surface area contributed by atoms with Crippen LogP contribution in [-0.2, 0) is 6.54 Å². The van der Waals surface area contributed by atoms with Crippen molar-refractivity contribution in [3.05, 3.63) is 63.9 Å². The van der Waals surface area contributed by atoms with Gasteiger partial charge in [-0.3, -0.25) is 0 Å². The van der Waals surface area contributed by atoms with Crippen molar-refractivity contribution in [3.63, 3.8) is 0 Å². The molecule has 0 saturated carbocycles. The van der Waals surface area contributed by atoms with E-state index in [9.17, 15) is 9.90 Å². The highest BCUT2D eigenvalue weighted by Crippen LogP contribution is 2.25. The van der Waals surface area contributed by atoms with Gasteiger partial charge in [0, 0.05) is 11.9 Å². The van der Waals surface area contributed by atoms with Crippen LogP contribution in [0.1, 0.15) is 15.9 Å². The van der Waals surface area contributed by atoms with Crippen molar-refractivity contribution in [2.45, 2.75) is 6.54 Å². The summed E-state index contributed by atoms with van der Waals surface area (Å²) in [6, 6.07) is 10.3. The number of anilines is 1. The van der Waals surface area contributed by atoms with Gasteiger partial charge in [-0.25, -0.2) is 14.8 Å². The lowest BCUT2D eigenvalue weighted by atomic mass is 10.1. The van der Waals surface area contributed by atoms with Crippen LogP contribution < -0.4 is 5.32 Å². The molecule has 23 heavy (non-hydrogen) atoms. The van der Waals surface area contributed by atoms with Crippen LogP contribution >= 0.6 is 23.2 Å². The average Bonchev–Trinajstić information content (AvgIpc) is 2.55. The molecule has 0 unspecified atom stereocenters. The minimum absolute atomic E-state index is 0.141. The first kappa shape index (κ1) is 15.5. The van der Waals surface area contributed by atoms with Gasteiger partial charge >= 0.3 is 5.97 Å². The first-order valence-electron chi connectivity index (χ1n) is 6.71. The first-order chi connectivity index (χ1) is 11.1. The number of hydrogen-bond acceptors (Lipinski definition) is 4. The van der Waals surface area contributed by atoms with Crippen molar-refractivity contribution < 1.29 is 9.90 Å². The smallest absolute Gasteiger partial charge is 0.337 e. The van der Waals surface area contributed by atoms with Crippen LogP contribution in [0.2, 0.25) is 10.0 Å². The van der Waals surface area contributed by atoms with Crippen LogP contribution in [0.5, 0.6) is 0 Å². The number of nitrogens with one attached hydrogen (secondary N) is 1. The second-order valence-corrected chi connectivity index (χ2v) is 5.65. The third-order valence-corrected chi connectivity index (χ3v) is 4.08. The standard InChI is InChI=1S/C16H11Cl2N3O2/c17-12-5-4-9(6-13(12)18)7-19-15-10-2-1-3-11(16(22)23)14(10)20-8-21-15/h1-6,8H,7H2,(H,22,23)(H,19,20,21). The van der Waals surface area contributed by atoms with Gasteiger partial charge in [0.15, 0.2) is 0 Å². The minimum atomic E-state index is -1.02. The molecule has 0 aliphatic heterocycles. The number of carboxylic acid groups (broad SMARTS) is 1. The number of carbonyl (C=O) groups is 1. The Morgan fingerprint density at radius 1 is 1.13 bits per heavy atom. The van der Waals surface area contributed by atoms with Gasteiger partial charge in [0.1, 0.15) is 12.1 Å². The van der Waals surface area contributed by atoms with E-state index in [1.165, 1.54) is 12.4 Å². The summed E-state index contributed by atoms with van der Waals surface area (Å²) in [6.07, 6.45) is 1.34. The van der Waals surface area contributed by atoms with E-state index < -0.39 is 5.97 Å². The molecule has 1 aromatic heterocycles. The lowest BCUT2D eigenvalue weighted by Gasteiger charge is -2.10. The average molecular weight is 348 g/mol. The maximum atomic E-state index is 11.3. The fraction of sp³-hybridized carbons (Fsp3) is 0.0625. The summed E-state index contributed by atoms with van der Waals surface area (Å²) >= 11 is 11.9. The van der Waals surface area contributed by atoms with E-state index in [1.54, 1.807) is 24.3 Å². The topological polar surface area (TPSA) is 75.1 Å². The van der Waals surface area contributed by atoms with E-state index in [4.69, 9.17) is 23.2 Å². The number of aromatic nitrogens is 2. The Hall–Kier alpha value is -2.37. The summed E-state index contributed by atoms with van der Waals surface area (Å²) in [5.74, 6) is -0.464. The number of fused-ring (bicyclic) bond motifs is 1. The van der Waals surface area contributed by atoms with Crippen LogP contribution in [0, 0.1) is 0 Å². The zero-order chi connectivity index (χ0) is 16.4. The van der Waals surface area contributed by atoms with Gasteiger partial charge in [0.05, 0.1) is 21.1 Å². The molecule has 1 heterocycles. The molecule has 3 rings (SSSR count). The van der Waals surface area contributed by atoms with Crippen molar-refractivity contribution >= 4 is 45.9 Å². The number of rotatable bonds is 4. The molecule has 116 valence electrons. The van der Waals surface area contributed by atoms with E-state index in [1.807, 2.05) is 6.07 Å². The number of aromatic carboxylic acids is 1. The van der Waals surface area contributed by atoms with Crippen molar-refractivity contribution in [3.8, 4) is 0 Å². The van der Waals surface area contributed by atoms with Crippen LogP contribution in [-0.4, -0.2) is 21.0 Å². The van der Waals surface area contributed by atoms with E-state index in [2.05, 4.69) is 15.3 Å². The van der Waals surface area contributed by atoms with E-state index >= 15 is 0 Å². The van der Waals surface area contributed by atoms with E-state index in [-0.39, 0.29) is 5.56 Å². The van der Waals surface area contributed by atoms with Crippen molar-refractivity contribution in [1.29, 1.82) is 0 Å². The van der Waals surface area contributed by atoms with Crippen molar-refractivity contribution in [2.24, 2.45) is 0 Å². The third kappa shape index (κ3) is 3.21. The molecule has 2 N–H and O–H groups in total. The molecule has 0 aliphatic rings. The van der Waals surface area contributed by atoms with Gasteiger partial charge in [-0.1, -0.05) is 35.3 Å². The van der Waals surface area contributed by atoms with Crippen LogP contribution in [0.25, 0.3) is 10.9 Å². The monoisotopic (exact) mass is 347 g/mol. The molecule has 0 saturated heterocycles. The summed E-state index contributed by atoms with van der Waals surface area (Å²) in [5.41, 5.74) is 1.47. The molecule has 5 nitrogen and oxygen atoms in total. The van der Waals surface area contributed by atoms with Crippen LogP contribution in [0.15, 0.2) is 42.7 Å². The number of carboxylic acids is 1. The molecular weight excluding hydrogens is 337 g/mol. The summed E-state index contributed by atoms with van der Waals surface area (Å²) in [7, 11) is 0. The van der Waals surface area contributed by atoms with Crippen molar-refractivity contribution in [1.82, 2.24) is 9.97 Å². The number of halogens is 2. The van der Waals surface area contributed by atoms with Crippen LogP contribution in [0.4, 0.5) is 5.82 Å². The van der Waals surface area contributed by atoms with Crippen LogP contribution in [0.3, 0.4) is 0 Å². The van der Waals surface area contributed by atoms with Crippen molar-refractivity contribution in [2.75, 3.05) is 5.32 Å². The normalized spacial score (nSPS) is 10.7. The fourth-order valence-electron chi connectivity index (χ4n) is 2.24. The highest BCUT2D eigenvalue weighted by atomic mass is 35.5. The van der Waals surface area contributed by atoms with Gasteiger partial charge in [0.25, 0.3) is 0 Å². The second kappa shape index (κ2) is 6.40. The molecule has 0 aliphatic carbocycles. The lowest BCUT2D eigenvalue weighted by Crippen LogP contribution is -2.05. The summed E-state index contributed by atoms with van der Waals surface area (Å²) in [5, 5.41) is 14.0. The molecule has 2 aromatic carbocycles. The Morgan fingerprint density at radius 3 is 2.70 bits per heavy atom. The van der Waals surface area contributed by atoms with Gasteiger partial charge in [-0.05, 0) is 29.8 Å². The molecule has 0 radical (unpaired) electrons. The SMILES string of the molecule is O=C(O)c1cccc2c(NCc3ccc(Cl)c(Cl)c3)ncnc12. The second-order valence-electron chi connectivity index (χ2n) is 4.83. The van der Waals surface area contributed by atoms with Gasteiger partial charge in [-0.2, -0.15) is 0 Å². The maximum Gasteiger partial charge on any atom is 0.337 e. The number of benzene rings is 2. The largest absolute Gasteiger partial charge is 0.478 e. The molecule has 0 fully saturated rings. The van der Waals surface area contributed by atoms with E-state index in [0.29, 0.717) is 33.3 Å². The molecule has 0 spiro atoms. The molecule has 7 heteroatoms. The molecular formula is C16H11Cl2N3O2. The molecule has 0 amide bonds. The Kier molecular flexibility index (Phi) is 4.32. The highest BCUT2D eigenvalue weighted by Gasteiger charge is 2.12. The highest BCUT2D eigenvalue weighted by molar-refractivity contribution is 6.42. The Bertz CT molecular complexity index is 900. The Balaban J connectivity index is 1.92. The molecule has 0 bridgehead atoms. The Labute approximate surface area is 141 Å². The number of hydrogen-bond donors (Lipinski definition) is 2. The van der Waals surface area contributed by atoms with Gasteiger partial charge in [0.2, 0.25) is 0 Å². The summed E-state index contributed by atoms with van der Waals surface area (Å²) < 4.78 is 0. The fourth-order valence-corrected chi connectivity index (χ4v) is 2.56. The predicted octanol–water partition coefficient (Wildman–Crippen LogP) is 4.25. The first-order valence-corrected chi connectivity index (χ1v) is 7.46. The maximum absolute atomic E-state index is 11.3. The minimum Gasteiger partial charge on any atom is -0.478 e. The quantitative estimate of drug-likeness (QED) is 0.737. The summed E-state index contributed by atoms with van der Waals surface area (Å²) in [4.78, 5) is 19.5. The van der Waals surface area contributed by atoms with E-state index in [0.717, 1.165) is 5.56 Å². The number of para-hydroxylation sites is 1. The lowest BCUT2D eigenvalue weighted by molar-refractivity contribution is 0.0699. The molecule has 3 aromatic rings. The molecule has 0 atom stereocenters. The zero-order valence-corrected chi connectivity index (χ0v) is 13.3. The summed E-state index contributed by atoms with van der Waals surface area (Å²) in [6.45, 7) is 0.473. The Morgan fingerprint density at radius 2 is 1.96 bits per heavy atom. The number of nitrogens with zero attached hydrogens (tertiary/aromatic N) is 2. The van der Waals surface area contributed by atoms with Gasteiger partial charge in [-0.15, -0.1) is 0 Å². The predicted molar refractivity (Wildman–Crippen MR) is 90.3 cm³/mol. The third-order valence-electron chi connectivity index (χ3n) is 3.34.